The maximum atomic E-state index is 9.47. The van der Waals surface area contributed by atoms with Gasteiger partial charge in [-0.2, -0.15) is 0 Å². The molecule has 1 aromatic carbocycles. The van der Waals surface area contributed by atoms with Crippen LogP contribution >= 0.6 is 0 Å². The third kappa shape index (κ3) is 2.20. The second-order valence-electron chi connectivity index (χ2n) is 3.06. The largest absolute Gasteiger partial charge is 0.508 e. The van der Waals surface area contributed by atoms with E-state index in [1.165, 1.54) is 0 Å². The van der Waals surface area contributed by atoms with Crippen molar-refractivity contribution >= 4 is 0 Å². The van der Waals surface area contributed by atoms with E-state index in [-0.39, 0.29) is 5.75 Å². The molecule has 0 fully saturated rings. The summed E-state index contributed by atoms with van der Waals surface area (Å²) in [5.41, 5.74) is 6.33. The Morgan fingerprint density at radius 2 is 2.00 bits per heavy atom. The summed E-state index contributed by atoms with van der Waals surface area (Å²) in [6.45, 7) is 1.85. The highest BCUT2D eigenvalue weighted by Gasteiger charge is 2.17. The molecule has 3 heteroatoms. The summed E-state index contributed by atoms with van der Waals surface area (Å²) in [7, 11) is 0. The number of aliphatic hydroxyl groups is 1. The van der Waals surface area contributed by atoms with Gasteiger partial charge >= 0.3 is 0 Å². The lowest BCUT2D eigenvalue weighted by molar-refractivity contribution is 0.139. The molecule has 0 aliphatic heterocycles. The number of rotatable bonds is 3. The van der Waals surface area contributed by atoms with E-state index in [0.717, 1.165) is 0 Å². The number of hydrogen-bond acceptors (Lipinski definition) is 3. The standard InChI is InChI=1S/C10H15NO2/c1-2-8(12)10(11)7-5-3-4-6-9(7)13/h3-6,8,10,12-13H,2,11H2,1H3/t8-,10+/m1/s1. The van der Waals surface area contributed by atoms with Crippen molar-refractivity contribution in [3.63, 3.8) is 0 Å². The van der Waals surface area contributed by atoms with Crippen molar-refractivity contribution in [2.24, 2.45) is 5.73 Å². The molecular formula is C10H15NO2. The molecule has 72 valence electrons. The van der Waals surface area contributed by atoms with E-state index in [1.54, 1.807) is 24.3 Å². The molecule has 0 saturated heterocycles. The molecule has 3 nitrogen and oxygen atoms in total. The van der Waals surface area contributed by atoms with E-state index in [0.29, 0.717) is 12.0 Å². The highest BCUT2D eigenvalue weighted by atomic mass is 16.3. The lowest BCUT2D eigenvalue weighted by Crippen LogP contribution is -2.25. The Balaban J connectivity index is 2.88. The lowest BCUT2D eigenvalue weighted by atomic mass is 10.00. The SMILES string of the molecule is CC[C@@H](O)[C@@H](N)c1ccccc1O. The molecule has 0 unspecified atom stereocenters. The van der Waals surface area contributed by atoms with Gasteiger partial charge in [0.1, 0.15) is 5.75 Å². The number of aliphatic hydroxyl groups excluding tert-OH is 1. The highest BCUT2D eigenvalue weighted by molar-refractivity contribution is 5.34. The van der Waals surface area contributed by atoms with Gasteiger partial charge in [-0.05, 0) is 12.5 Å². The third-order valence-corrected chi connectivity index (χ3v) is 2.13. The van der Waals surface area contributed by atoms with E-state index in [2.05, 4.69) is 0 Å². The van der Waals surface area contributed by atoms with E-state index in [4.69, 9.17) is 5.73 Å². The third-order valence-electron chi connectivity index (χ3n) is 2.13. The van der Waals surface area contributed by atoms with Gasteiger partial charge in [0.05, 0.1) is 12.1 Å². The summed E-state index contributed by atoms with van der Waals surface area (Å²) in [6, 6.07) is 6.30. The number of benzene rings is 1. The Bertz CT molecular complexity index is 275. The Morgan fingerprint density at radius 1 is 1.38 bits per heavy atom. The minimum absolute atomic E-state index is 0.141. The summed E-state index contributed by atoms with van der Waals surface area (Å²) in [6.07, 6.45) is -0.0246. The number of aromatic hydroxyl groups is 1. The second-order valence-corrected chi connectivity index (χ2v) is 3.06. The quantitative estimate of drug-likeness (QED) is 0.655. The topological polar surface area (TPSA) is 66.5 Å². The van der Waals surface area contributed by atoms with Crippen LogP contribution in [0.5, 0.6) is 5.75 Å². The molecule has 0 amide bonds. The maximum Gasteiger partial charge on any atom is 0.120 e. The fourth-order valence-electron chi connectivity index (χ4n) is 1.23. The zero-order chi connectivity index (χ0) is 9.84. The van der Waals surface area contributed by atoms with Gasteiger partial charge < -0.3 is 15.9 Å². The van der Waals surface area contributed by atoms with Crippen molar-refractivity contribution < 1.29 is 10.2 Å². The Morgan fingerprint density at radius 3 is 2.54 bits per heavy atom. The summed E-state index contributed by atoms with van der Waals surface area (Å²) < 4.78 is 0. The van der Waals surface area contributed by atoms with E-state index in [1.807, 2.05) is 6.92 Å². The summed E-state index contributed by atoms with van der Waals surface area (Å²) in [4.78, 5) is 0. The molecule has 0 saturated carbocycles. The Kier molecular flexibility index (Phi) is 3.28. The van der Waals surface area contributed by atoms with Crippen molar-refractivity contribution in [2.45, 2.75) is 25.5 Å². The molecule has 0 aromatic heterocycles. The van der Waals surface area contributed by atoms with Gasteiger partial charge in [-0.3, -0.25) is 0 Å². The van der Waals surface area contributed by atoms with Crippen molar-refractivity contribution in [3.05, 3.63) is 29.8 Å². The van der Waals surface area contributed by atoms with Gasteiger partial charge in [-0.15, -0.1) is 0 Å². The number of phenolic OH excluding ortho intramolecular Hbond substituents is 1. The number of nitrogens with two attached hydrogens (primary N) is 1. The molecule has 2 atom stereocenters. The molecular weight excluding hydrogens is 166 g/mol. The monoisotopic (exact) mass is 181 g/mol. The maximum absolute atomic E-state index is 9.47. The molecule has 0 aliphatic rings. The average molecular weight is 181 g/mol. The Labute approximate surface area is 77.8 Å². The van der Waals surface area contributed by atoms with Crippen molar-refractivity contribution in [1.29, 1.82) is 0 Å². The van der Waals surface area contributed by atoms with Crippen LogP contribution in [0.1, 0.15) is 24.9 Å². The van der Waals surface area contributed by atoms with Gasteiger partial charge in [0.15, 0.2) is 0 Å². The van der Waals surface area contributed by atoms with Crippen LogP contribution in [0, 0.1) is 0 Å². The lowest BCUT2D eigenvalue weighted by Gasteiger charge is -2.18. The molecule has 0 heterocycles. The van der Waals surface area contributed by atoms with Gasteiger partial charge in [0.2, 0.25) is 0 Å². The van der Waals surface area contributed by atoms with Crippen LogP contribution in [0.4, 0.5) is 0 Å². The number of phenols is 1. The van der Waals surface area contributed by atoms with Crippen LogP contribution in [0.2, 0.25) is 0 Å². The summed E-state index contributed by atoms with van der Waals surface area (Å²) in [5, 5.41) is 18.9. The first-order valence-electron chi connectivity index (χ1n) is 4.38. The second kappa shape index (κ2) is 4.25. The first-order chi connectivity index (χ1) is 6.16. The first kappa shape index (κ1) is 10.0. The summed E-state index contributed by atoms with van der Waals surface area (Å²) >= 11 is 0. The van der Waals surface area contributed by atoms with E-state index in [9.17, 15) is 10.2 Å². The number of hydrogen-bond donors (Lipinski definition) is 3. The molecule has 0 aliphatic carbocycles. The van der Waals surface area contributed by atoms with Crippen LogP contribution in [-0.4, -0.2) is 16.3 Å². The van der Waals surface area contributed by atoms with Crippen LogP contribution in [0.25, 0.3) is 0 Å². The van der Waals surface area contributed by atoms with Gasteiger partial charge in [0.25, 0.3) is 0 Å². The zero-order valence-corrected chi connectivity index (χ0v) is 7.64. The van der Waals surface area contributed by atoms with Crippen molar-refractivity contribution in [1.82, 2.24) is 0 Å². The summed E-state index contributed by atoms with van der Waals surface area (Å²) in [5.74, 6) is 0.141. The van der Waals surface area contributed by atoms with Gasteiger partial charge in [-0.25, -0.2) is 0 Å². The normalized spacial score (nSPS) is 15.3. The highest BCUT2D eigenvalue weighted by Crippen LogP contribution is 2.24. The zero-order valence-electron chi connectivity index (χ0n) is 7.64. The molecule has 0 radical (unpaired) electrons. The number of para-hydroxylation sites is 1. The van der Waals surface area contributed by atoms with Crippen LogP contribution in [-0.2, 0) is 0 Å². The predicted molar refractivity (Wildman–Crippen MR) is 51.3 cm³/mol. The molecule has 1 rings (SSSR count). The molecule has 4 N–H and O–H groups in total. The predicted octanol–water partition coefficient (Wildman–Crippen LogP) is 1.16. The fourth-order valence-corrected chi connectivity index (χ4v) is 1.23. The van der Waals surface area contributed by atoms with Crippen LogP contribution in [0.15, 0.2) is 24.3 Å². The van der Waals surface area contributed by atoms with Crippen LogP contribution < -0.4 is 5.73 Å². The average Bonchev–Trinajstić information content (AvgIpc) is 2.16. The van der Waals surface area contributed by atoms with Gasteiger partial charge in [0, 0.05) is 5.56 Å². The Hall–Kier alpha value is -1.06. The smallest absolute Gasteiger partial charge is 0.120 e. The molecule has 13 heavy (non-hydrogen) atoms. The van der Waals surface area contributed by atoms with Crippen molar-refractivity contribution in [3.8, 4) is 5.75 Å². The minimum atomic E-state index is -0.603. The fraction of sp³-hybridized carbons (Fsp3) is 0.400. The van der Waals surface area contributed by atoms with Gasteiger partial charge in [-0.1, -0.05) is 25.1 Å². The minimum Gasteiger partial charge on any atom is -0.508 e. The van der Waals surface area contributed by atoms with Crippen LogP contribution in [0.3, 0.4) is 0 Å². The molecule has 0 bridgehead atoms. The van der Waals surface area contributed by atoms with E-state index >= 15 is 0 Å². The first-order valence-corrected chi connectivity index (χ1v) is 4.38. The van der Waals surface area contributed by atoms with E-state index < -0.39 is 12.1 Å². The van der Waals surface area contributed by atoms with Crippen molar-refractivity contribution in [2.75, 3.05) is 0 Å². The molecule has 1 aromatic rings. The molecule has 0 spiro atoms.